The van der Waals surface area contributed by atoms with Crippen molar-refractivity contribution >= 4 is 29.1 Å². The van der Waals surface area contributed by atoms with Crippen molar-refractivity contribution in [2.45, 2.75) is 13.5 Å². The summed E-state index contributed by atoms with van der Waals surface area (Å²) in [7, 11) is 1.69. The molecule has 124 valence electrons. The van der Waals surface area contributed by atoms with Gasteiger partial charge in [-0.2, -0.15) is 0 Å². The molecule has 3 aromatic rings. The molecule has 0 radical (unpaired) electrons. The van der Waals surface area contributed by atoms with Crippen molar-refractivity contribution in [1.82, 2.24) is 24.4 Å². The van der Waals surface area contributed by atoms with Crippen LogP contribution in [0.25, 0.3) is 5.82 Å². The highest BCUT2D eigenvalue weighted by atomic mass is 35.5. The fourth-order valence-corrected chi connectivity index (χ4v) is 2.73. The number of imidazole rings is 1. The van der Waals surface area contributed by atoms with Gasteiger partial charge in [0.05, 0.1) is 5.02 Å². The summed E-state index contributed by atoms with van der Waals surface area (Å²) in [6.45, 7) is 2.27. The quantitative estimate of drug-likeness (QED) is 0.774. The summed E-state index contributed by atoms with van der Waals surface area (Å²) in [5.74, 6) is 1.35. The number of carbonyl (C=O) groups is 1. The first-order valence-electron chi connectivity index (χ1n) is 7.21. The number of aromatic nitrogens is 4. The molecule has 0 aromatic carbocycles. The van der Waals surface area contributed by atoms with Crippen LogP contribution in [0.15, 0.2) is 36.8 Å². The third-order valence-corrected chi connectivity index (χ3v) is 4.53. The predicted octanol–water partition coefficient (Wildman–Crippen LogP) is 3.15. The Morgan fingerprint density at radius 3 is 2.67 bits per heavy atom. The van der Waals surface area contributed by atoms with E-state index in [4.69, 9.17) is 23.2 Å². The number of rotatable bonds is 4. The van der Waals surface area contributed by atoms with Gasteiger partial charge in [-0.25, -0.2) is 9.97 Å². The fourth-order valence-electron chi connectivity index (χ4n) is 2.36. The van der Waals surface area contributed by atoms with E-state index in [1.54, 1.807) is 30.1 Å². The van der Waals surface area contributed by atoms with Crippen molar-refractivity contribution in [2.75, 3.05) is 0 Å². The Bertz CT molecular complexity index is 900. The maximum Gasteiger partial charge on any atom is 0.268 e. The van der Waals surface area contributed by atoms with Crippen molar-refractivity contribution in [2.24, 2.45) is 7.05 Å². The van der Waals surface area contributed by atoms with Crippen LogP contribution in [0, 0.1) is 6.92 Å². The van der Waals surface area contributed by atoms with E-state index >= 15 is 0 Å². The summed E-state index contributed by atoms with van der Waals surface area (Å²) < 4.78 is 3.42. The summed E-state index contributed by atoms with van der Waals surface area (Å²) in [6, 6.07) is 5.30. The topological polar surface area (TPSA) is 64.7 Å². The van der Waals surface area contributed by atoms with Gasteiger partial charge in [0.25, 0.3) is 5.91 Å². The number of pyridine rings is 1. The first kappa shape index (κ1) is 16.5. The van der Waals surface area contributed by atoms with Gasteiger partial charge in [0.1, 0.15) is 22.5 Å². The Morgan fingerprint density at radius 1 is 1.25 bits per heavy atom. The molecular weight excluding hydrogens is 349 g/mol. The SMILES string of the molecule is Cc1nccn1-c1cc(CNC(=O)c2cc(Cl)c(Cl)n2C)ccn1. The molecule has 0 saturated heterocycles. The van der Waals surface area contributed by atoms with Gasteiger partial charge in [0.2, 0.25) is 0 Å². The van der Waals surface area contributed by atoms with Gasteiger partial charge in [-0.05, 0) is 30.7 Å². The van der Waals surface area contributed by atoms with E-state index in [-0.39, 0.29) is 5.91 Å². The van der Waals surface area contributed by atoms with E-state index < -0.39 is 0 Å². The molecule has 0 spiro atoms. The van der Waals surface area contributed by atoms with Crippen molar-refractivity contribution in [3.05, 3.63) is 64.0 Å². The lowest BCUT2D eigenvalue weighted by atomic mass is 10.2. The van der Waals surface area contributed by atoms with E-state index in [0.29, 0.717) is 22.4 Å². The van der Waals surface area contributed by atoms with E-state index in [9.17, 15) is 4.79 Å². The normalized spacial score (nSPS) is 10.8. The molecule has 3 aromatic heterocycles. The number of amides is 1. The van der Waals surface area contributed by atoms with Gasteiger partial charge >= 0.3 is 0 Å². The van der Waals surface area contributed by atoms with Crippen LogP contribution >= 0.6 is 23.2 Å². The summed E-state index contributed by atoms with van der Waals surface area (Å²) >= 11 is 11.9. The first-order valence-corrected chi connectivity index (χ1v) is 7.97. The minimum absolute atomic E-state index is 0.247. The highest BCUT2D eigenvalue weighted by molar-refractivity contribution is 6.41. The summed E-state index contributed by atoms with van der Waals surface area (Å²) in [6.07, 6.45) is 5.26. The molecule has 6 nitrogen and oxygen atoms in total. The number of nitrogens with zero attached hydrogens (tertiary/aromatic N) is 4. The molecular formula is C16H15Cl2N5O. The Hall–Kier alpha value is -2.31. The smallest absolute Gasteiger partial charge is 0.268 e. The second kappa shape index (κ2) is 6.67. The molecule has 3 rings (SSSR count). The largest absolute Gasteiger partial charge is 0.347 e. The van der Waals surface area contributed by atoms with Crippen LogP contribution in [0.5, 0.6) is 0 Å². The molecule has 0 aliphatic heterocycles. The molecule has 0 unspecified atom stereocenters. The predicted molar refractivity (Wildman–Crippen MR) is 92.7 cm³/mol. The molecule has 0 aliphatic carbocycles. The van der Waals surface area contributed by atoms with Crippen LogP contribution in [0.3, 0.4) is 0 Å². The third-order valence-electron chi connectivity index (χ3n) is 3.68. The van der Waals surface area contributed by atoms with E-state index in [1.165, 1.54) is 0 Å². The zero-order valence-electron chi connectivity index (χ0n) is 13.1. The number of halogens is 2. The zero-order valence-corrected chi connectivity index (χ0v) is 14.6. The molecule has 24 heavy (non-hydrogen) atoms. The zero-order chi connectivity index (χ0) is 17.3. The van der Waals surface area contributed by atoms with Gasteiger partial charge in [-0.15, -0.1) is 0 Å². The molecule has 8 heteroatoms. The third kappa shape index (κ3) is 3.16. The highest BCUT2D eigenvalue weighted by Crippen LogP contribution is 2.25. The lowest BCUT2D eigenvalue weighted by molar-refractivity contribution is 0.0943. The van der Waals surface area contributed by atoms with Crippen LogP contribution in [0.2, 0.25) is 10.2 Å². The Balaban J connectivity index is 1.74. The second-order valence-electron chi connectivity index (χ2n) is 5.28. The average molecular weight is 364 g/mol. The van der Waals surface area contributed by atoms with Gasteiger partial charge < -0.3 is 9.88 Å². The number of hydrogen-bond donors (Lipinski definition) is 1. The molecule has 0 saturated carbocycles. The lowest BCUT2D eigenvalue weighted by Gasteiger charge is -2.09. The summed E-state index contributed by atoms with van der Waals surface area (Å²) in [5, 5.41) is 3.54. The van der Waals surface area contributed by atoms with Crippen LogP contribution < -0.4 is 5.32 Å². The molecule has 1 N–H and O–H groups in total. The minimum atomic E-state index is -0.247. The summed E-state index contributed by atoms with van der Waals surface area (Å²) in [4.78, 5) is 20.8. The molecule has 0 aliphatic rings. The van der Waals surface area contributed by atoms with Gasteiger partial charge in [0.15, 0.2) is 0 Å². The van der Waals surface area contributed by atoms with Gasteiger partial charge in [-0.1, -0.05) is 23.2 Å². The highest BCUT2D eigenvalue weighted by Gasteiger charge is 2.15. The Kier molecular flexibility index (Phi) is 4.59. The maximum absolute atomic E-state index is 12.3. The first-order chi connectivity index (χ1) is 11.5. The number of carbonyl (C=O) groups excluding carboxylic acids is 1. The fraction of sp³-hybridized carbons (Fsp3) is 0.188. The molecule has 3 heterocycles. The molecule has 0 atom stereocenters. The van der Waals surface area contributed by atoms with Gasteiger partial charge in [-0.3, -0.25) is 9.36 Å². The van der Waals surface area contributed by atoms with Crippen molar-refractivity contribution in [1.29, 1.82) is 0 Å². The van der Waals surface area contributed by atoms with E-state index in [2.05, 4.69) is 15.3 Å². The van der Waals surface area contributed by atoms with E-state index in [1.807, 2.05) is 29.8 Å². The van der Waals surface area contributed by atoms with Crippen LogP contribution in [-0.2, 0) is 13.6 Å². The van der Waals surface area contributed by atoms with Crippen LogP contribution in [0.1, 0.15) is 21.9 Å². The number of aryl methyl sites for hydroxylation is 1. The molecule has 1 amide bonds. The average Bonchev–Trinajstić information content (AvgIpc) is 3.12. The standard InChI is InChI=1S/C16H15Cl2N5O/c1-10-19-5-6-23(10)14-7-11(3-4-20-14)9-21-16(24)13-8-12(17)15(18)22(13)2/h3-8H,9H2,1-2H3,(H,21,24). The minimum Gasteiger partial charge on any atom is -0.347 e. The van der Waals surface area contributed by atoms with Gasteiger partial charge in [0, 0.05) is 32.2 Å². The van der Waals surface area contributed by atoms with Crippen molar-refractivity contribution < 1.29 is 4.79 Å². The Morgan fingerprint density at radius 2 is 2.04 bits per heavy atom. The second-order valence-corrected chi connectivity index (χ2v) is 6.04. The number of nitrogens with one attached hydrogen (secondary N) is 1. The summed E-state index contributed by atoms with van der Waals surface area (Å²) in [5.41, 5.74) is 1.33. The van der Waals surface area contributed by atoms with Crippen LogP contribution in [-0.4, -0.2) is 25.0 Å². The van der Waals surface area contributed by atoms with Crippen molar-refractivity contribution in [3.8, 4) is 5.82 Å². The molecule has 0 fully saturated rings. The monoisotopic (exact) mass is 363 g/mol. The lowest BCUT2D eigenvalue weighted by Crippen LogP contribution is -2.25. The van der Waals surface area contributed by atoms with E-state index in [0.717, 1.165) is 17.2 Å². The van der Waals surface area contributed by atoms with Crippen LogP contribution in [0.4, 0.5) is 0 Å². The maximum atomic E-state index is 12.3. The number of hydrogen-bond acceptors (Lipinski definition) is 3. The van der Waals surface area contributed by atoms with Crippen molar-refractivity contribution in [3.63, 3.8) is 0 Å². The Labute approximate surface area is 149 Å². The molecule has 0 bridgehead atoms.